The number of aliphatic hydroxyl groups is 1. The maximum atomic E-state index is 12.3. The van der Waals surface area contributed by atoms with Gasteiger partial charge in [-0.1, -0.05) is 0 Å². The average Bonchev–Trinajstić information content (AvgIpc) is 2.16. The van der Waals surface area contributed by atoms with E-state index in [1.807, 2.05) is 0 Å². The minimum Gasteiger partial charge on any atom is -0.393 e. The smallest absolute Gasteiger partial charge is 0.194 e. The van der Waals surface area contributed by atoms with Crippen molar-refractivity contribution in [2.24, 2.45) is 0 Å². The minimum atomic E-state index is -2.97. The van der Waals surface area contributed by atoms with Crippen LogP contribution >= 0.6 is 0 Å². The molecule has 0 heterocycles. The first-order chi connectivity index (χ1) is 3.97. The van der Waals surface area contributed by atoms with Crippen LogP contribution in [0.25, 0.3) is 0 Å². The van der Waals surface area contributed by atoms with Gasteiger partial charge in [0.2, 0.25) is 0 Å². The zero-order chi connectivity index (χ0) is 7.28. The molecule has 0 saturated heterocycles. The summed E-state index contributed by atoms with van der Waals surface area (Å²) in [5.74, 6) is 0. The molecule has 0 amide bonds. The van der Waals surface area contributed by atoms with Crippen molar-refractivity contribution in [2.75, 3.05) is 6.61 Å². The van der Waals surface area contributed by atoms with Crippen LogP contribution in [0, 0.1) is 0 Å². The lowest BCUT2D eigenvalue weighted by Gasteiger charge is -1.99. The second-order valence-corrected chi connectivity index (χ2v) is 2.15. The van der Waals surface area contributed by atoms with Gasteiger partial charge in [0, 0.05) is 0 Å². The fraction of sp³-hybridized carbons (Fsp3) is 1.00. The Morgan fingerprint density at radius 2 is 1.89 bits per heavy atom. The summed E-state index contributed by atoms with van der Waals surface area (Å²) < 4.78 is 36.3. The first-order valence-electron chi connectivity index (χ1n) is 2.38. The van der Waals surface area contributed by atoms with E-state index >= 15 is 0 Å². The molecule has 0 bridgehead atoms. The van der Waals surface area contributed by atoms with Gasteiger partial charge in [0.05, 0.1) is 6.61 Å². The van der Waals surface area contributed by atoms with E-state index in [0.717, 1.165) is 0 Å². The largest absolute Gasteiger partial charge is 0.393 e. The van der Waals surface area contributed by atoms with Crippen LogP contribution in [-0.2, 0) is 0 Å². The van der Waals surface area contributed by atoms with Gasteiger partial charge in [-0.25, -0.2) is 13.2 Å². The molecule has 3 unspecified atom stereocenters. The summed E-state index contributed by atoms with van der Waals surface area (Å²) in [6.45, 7) is -1.21. The summed E-state index contributed by atoms with van der Waals surface area (Å²) in [7, 11) is 4.42. The van der Waals surface area contributed by atoms with Crippen molar-refractivity contribution in [3.8, 4) is 0 Å². The predicted octanol–water partition coefficient (Wildman–Crippen LogP) is -0.127. The number of halogens is 3. The third-order valence-corrected chi connectivity index (χ3v) is 1.55. The molecule has 0 aromatic heterocycles. The highest BCUT2D eigenvalue weighted by atomic mass is 19.2. The Labute approximate surface area is 51.3 Å². The van der Waals surface area contributed by atoms with Gasteiger partial charge in [0.15, 0.2) is 11.8 Å². The van der Waals surface area contributed by atoms with Crippen LogP contribution in [0.3, 0.4) is 0 Å². The summed E-state index contributed by atoms with van der Waals surface area (Å²) >= 11 is 0. The van der Waals surface area contributed by atoms with Crippen molar-refractivity contribution in [3.05, 3.63) is 0 Å². The lowest BCUT2D eigenvalue weighted by Crippen LogP contribution is -2.20. The Morgan fingerprint density at radius 1 is 1.56 bits per heavy atom. The quantitative estimate of drug-likeness (QED) is 0.498. The van der Waals surface area contributed by atoms with E-state index in [1.165, 1.54) is 0 Å². The highest BCUT2D eigenvalue weighted by Gasteiger charge is 2.78. The van der Waals surface area contributed by atoms with E-state index < -0.39 is 24.0 Å². The van der Waals surface area contributed by atoms with E-state index in [4.69, 9.17) is 5.11 Å². The molecule has 1 N–H and O–H groups in total. The number of aliphatic hydroxyl groups excluding tert-OH is 1. The topological polar surface area (TPSA) is 20.2 Å². The van der Waals surface area contributed by atoms with Gasteiger partial charge < -0.3 is 5.11 Å². The monoisotopic (exact) mass is 136 g/mol. The van der Waals surface area contributed by atoms with Crippen molar-refractivity contribution in [3.63, 3.8) is 0 Å². The first-order valence-corrected chi connectivity index (χ1v) is 2.38. The van der Waals surface area contributed by atoms with E-state index in [9.17, 15) is 13.2 Å². The number of alkyl halides is 3. The Balaban J connectivity index is 2.70. The summed E-state index contributed by atoms with van der Waals surface area (Å²) in [6.07, 6.45) is -2.38. The van der Waals surface area contributed by atoms with Crippen molar-refractivity contribution >= 4 is 7.85 Å². The second kappa shape index (κ2) is 1.45. The molecule has 50 valence electrons. The van der Waals surface area contributed by atoms with Gasteiger partial charge in [-0.15, -0.1) is 0 Å². The summed E-state index contributed by atoms with van der Waals surface area (Å²) in [6, 6.07) is 0. The summed E-state index contributed by atoms with van der Waals surface area (Å²) in [5, 5.41) is 8.04. The van der Waals surface area contributed by atoms with Crippen LogP contribution in [-0.4, -0.2) is 37.0 Å². The Hall–Kier alpha value is -0.185. The van der Waals surface area contributed by atoms with Gasteiger partial charge >= 0.3 is 0 Å². The Bertz CT molecular complexity index is 140. The van der Waals surface area contributed by atoms with Crippen molar-refractivity contribution in [2.45, 2.75) is 17.4 Å². The fourth-order valence-electron chi connectivity index (χ4n) is 0.641. The molecule has 1 fully saturated rings. The minimum absolute atomic E-state index is 1.21. The molecule has 1 saturated carbocycles. The molecule has 0 aromatic carbocycles. The zero-order valence-corrected chi connectivity index (χ0v) is 4.44. The standard InChI is InChI=1S/C4H4BF3O/c5-4(8)2(6)3(4,7)1-9/h2,9H,1H2. The van der Waals surface area contributed by atoms with Gasteiger partial charge in [0.1, 0.15) is 13.4 Å². The van der Waals surface area contributed by atoms with Crippen LogP contribution in [0.5, 0.6) is 0 Å². The van der Waals surface area contributed by atoms with Crippen molar-refractivity contribution in [1.29, 1.82) is 0 Å². The lowest BCUT2D eigenvalue weighted by molar-refractivity contribution is 0.115. The van der Waals surface area contributed by atoms with Crippen LogP contribution in [0.2, 0.25) is 0 Å². The molecule has 1 aliphatic carbocycles. The normalized spacial score (nSPS) is 57.6. The number of rotatable bonds is 1. The maximum Gasteiger partial charge on any atom is 0.194 e. The predicted molar refractivity (Wildman–Crippen MR) is 25.4 cm³/mol. The third-order valence-electron chi connectivity index (χ3n) is 1.55. The van der Waals surface area contributed by atoms with E-state index in [0.29, 0.717) is 0 Å². The Morgan fingerprint density at radius 3 is 1.89 bits per heavy atom. The lowest BCUT2D eigenvalue weighted by atomic mass is 9.96. The molecule has 1 aliphatic rings. The molecule has 0 spiro atoms. The molecule has 0 aliphatic heterocycles. The third kappa shape index (κ3) is 0.555. The van der Waals surface area contributed by atoms with Crippen LogP contribution in [0.1, 0.15) is 0 Å². The Kier molecular flexibility index (Phi) is 1.12. The summed E-state index contributed by atoms with van der Waals surface area (Å²) in [5.41, 5.74) is -5.82. The molecule has 9 heavy (non-hydrogen) atoms. The van der Waals surface area contributed by atoms with Gasteiger partial charge in [-0.2, -0.15) is 0 Å². The maximum absolute atomic E-state index is 12.3. The SMILES string of the molecule is [B]C1(F)C(F)C1(F)CO. The fourth-order valence-corrected chi connectivity index (χ4v) is 0.641. The number of hydrogen-bond acceptors (Lipinski definition) is 1. The van der Waals surface area contributed by atoms with E-state index in [1.54, 1.807) is 0 Å². The van der Waals surface area contributed by atoms with E-state index in [2.05, 4.69) is 7.85 Å². The molecule has 5 heteroatoms. The average molecular weight is 136 g/mol. The highest BCUT2D eigenvalue weighted by molar-refractivity contribution is 6.19. The van der Waals surface area contributed by atoms with Gasteiger partial charge in [-0.05, 0) is 0 Å². The molecule has 2 radical (unpaired) electrons. The highest BCUT2D eigenvalue weighted by Crippen LogP contribution is 2.54. The van der Waals surface area contributed by atoms with Crippen molar-refractivity contribution in [1.82, 2.24) is 0 Å². The zero-order valence-electron chi connectivity index (χ0n) is 4.44. The molecule has 1 rings (SSSR count). The van der Waals surface area contributed by atoms with E-state index in [-0.39, 0.29) is 0 Å². The molecule has 1 nitrogen and oxygen atoms in total. The first kappa shape index (κ1) is 6.93. The molecular weight excluding hydrogens is 132 g/mol. The molecule has 3 atom stereocenters. The van der Waals surface area contributed by atoms with Crippen LogP contribution < -0.4 is 0 Å². The van der Waals surface area contributed by atoms with Crippen molar-refractivity contribution < 1.29 is 18.3 Å². The van der Waals surface area contributed by atoms with Crippen LogP contribution in [0.15, 0.2) is 0 Å². The number of hydrogen-bond donors (Lipinski definition) is 1. The summed E-state index contributed by atoms with van der Waals surface area (Å²) in [4.78, 5) is 0. The van der Waals surface area contributed by atoms with Gasteiger partial charge in [-0.3, -0.25) is 0 Å². The second-order valence-electron chi connectivity index (χ2n) is 2.15. The van der Waals surface area contributed by atoms with Crippen LogP contribution in [0.4, 0.5) is 13.2 Å². The molecular formula is C4H4BF3O. The molecule has 0 aromatic rings. The van der Waals surface area contributed by atoms with Gasteiger partial charge in [0.25, 0.3) is 0 Å².